The second-order valence-electron chi connectivity index (χ2n) is 5.47. The van der Waals surface area contributed by atoms with Gasteiger partial charge in [-0.05, 0) is 31.4 Å². The van der Waals surface area contributed by atoms with Crippen molar-refractivity contribution in [2.24, 2.45) is 0 Å². The lowest BCUT2D eigenvalue weighted by Gasteiger charge is -2.14. The van der Waals surface area contributed by atoms with Crippen LogP contribution in [0.2, 0.25) is 0 Å². The van der Waals surface area contributed by atoms with E-state index in [1.807, 2.05) is 19.9 Å². The first-order valence-electron chi connectivity index (χ1n) is 8.28. The molecule has 0 aliphatic rings. The topological polar surface area (TPSA) is 71.1 Å². The van der Waals surface area contributed by atoms with Crippen molar-refractivity contribution in [3.8, 4) is 11.5 Å². The summed E-state index contributed by atoms with van der Waals surface area (Å²) in [4.78, 5) is 23.6. The smallest absolute Gasteiger partial charge is 0.434 e. The average Bonchev–Trinajstić information content (AvgIpc) is 2.61. The highest BCUT2D eigenvalue weighted by Crippen LogP contribution is 2.36. The number of fused-ring (bicyclic) bond motifs is 1. The van der Waals surface area contributed by atoms with Gasteiger partial charge >= 0.3 is 12.3 Å². The molecule has 2 aromatic carbocycles. The molecule has 0 amide bonds. The van der Waals surface area contributed by atoms with Crippen molar-refractivity contribution in [2.75, 3.05) is 13.2 Å². The van der Waals surface area contributed by atoms with E-state index in [1.165, 1.54) is 0 Å². The van der Waals surface area contributed by atoms with Crippen molar-refractivity contribution in [1.82, 2.24) is 0 Å². The van der Waals surface area contributed by atoms with Gasteiger partial charge in [0.05, 0.1) is 13.2 Å². The zero-order valence-corrected chi connectivity index (χ0v) is 14.7. The van der Waals surface area contributed by atoms with Gasteiger partial charge in [0.2, 0.25) is 0 Å². The Kier molecular flexibility index (Phi) is 6.62. The Morgan fingerprint density at radius 3 is 2.04 bits per heavy atom. The Morgan fingerprint density at radius 1 is 0.880 bits per heavy atom. The van der Waals surface area contributed by atoms with Gasteiger partial charge in [0, 0.05) is 10.8 Å². The second-order valence-corrected chi connectivity index (χ2v) is 5.47. The van der Waals surface area contributed by atoms with E-state index in [4.69, 9.17) is 18.9 Å². The second kappa shape index (κ2) is 8.92. The van der Waals surface area contributed by atoms with Gasteiger partial charge in [0.1, 0.15) is 11.5 Å². The maximum Gasteiger partial charge on any atom is 0.513 e. The van der Waals surface area contributed by atoms with Crippen molar-refractivity contribution < 1.29 is 28.5 Å². The van der Waals surface area contributed by atoms with E-state index >= 15 is 0 Å². The Balaban J connectivity index is 2.33. The van der Waals surface area contributed by atoms with E-state index in [2.05, 4.69) is 0 Å². The number of ether oxygens (including phenoxy) is 4. The number of rotatable bonds is 6. The first-order valence-corrected chi connectivity index (χ1v) is 8.28. The van der Waals surface area contributed by atoms with Crippen molar-refractivity contribution in [3.63, 3.8) is 0 Å². The molecule has 2 aromatic rings. The fourth-order valence-electron chi connectivity index (χ4n) is 2.27. The van der Waals surface area contributed by atoms with Crippen LogP contribution >= 0.6 is 0 Å². The van der Waals surface area contributed by atoms with Crippen LogP contribution in [0.5, 0.6) is 11.5 Å². The third-order valence-corrected chi connectivity index (χ3v) is 3.37. The molecule has 134 valence electrons. The summed E-state index contributed by atoms with van der Waals surface area (Å²) in [6.07, 6.45) is -0.100. The fraction of sp³-hybridized carbons (Fsp3) is 0.368. The molecule has 25 heavy (non-hydrogen) atoms. The highest BCUT2D eigenvalue weighted by atomic mass is 16.7. The van der Waals surface area contributed by atoms with Crippen LogP contribution in [0, 0.1) is 6.92 Å². The molecular formula is C19H22O6. The summed E-state index contributed by atoms with van der Waals surface area (Å²) in [6.45, 7) is 6.15. The number of aryl methyl sites for hydroxylation is 1. The predicted molar refractivity (Wildman–Crippen MR) is 93.2 cm³/mol. The van der Waals surface area contributed by atoms with Crippen molar-refractivity contribution in [2.45, 2.75) is 33.6 Å². The fourth-order valence-corrected chi connectivity index (χ4v) is 2.27. The van der Waals surface area contributed by atoms with Gasteiger partial charge in [-0.25, -0.2) is 9.59 Å². The maximum absolute atomic E-state index is 11.8. The average molecular weight is 346 g/mol. The van der Waals surface area contributed by atoms with Crippen LogP contribution in [-0.4, -0.2) is 25.5 Å². The molecule has 0 aliphatic carbocycles. The summed E-state index contributed by atoms with van der Waals surface area (Å²) in [7, 11) is 0. The normalized spacial score (nSPS) is 10.4. The van der Waals surface area contributed by atoms with E-state index in [1.54, 1.807) is 31.2 Å². The Morgan fingerprint density at radius 2 is 1.44 bits per heavy atom. The highest BCUT2D eigenvalue weighted by molar-refractivity contribution is 5.96. The molecule has 0 aromatic heterocycles. The lowest BCUT2D eigenvalue weighted by molar-refractivity contribution is 0.0975. The van der Waals surface area contributed by atoms with Crippen LogP contribution in [0.4, 0.5) is 9.59 Å². The van der Waals surface area contributed by atoms with Gasteiger partial charge in [-0.1, -0.05) is 38.1 Å². The highest BCUT2D eigenvalue weighted by Gasteiger charge is 2.17. The summed E-state index contributed by atoms with van der Waals surface area (Å²) in [5.74, 6) is 0.731. The number of hydrogen-bond acceptors (Lipinski definition) is 6. The summed E-state index contributed by atoms with van der Waals surface area (Å²) in [5, 5.41) is 1.29. The minimum absolute atomic E-state index is 0.292. The first kappa shape index (κ1) is 18.6. The van der Waals surface area contributed by atoms with Gasteiger partial charge in [0.25, 0.3) is 0 Å². The number of carbonyl (C=O) groups is 2. The lowest BCUT2D eigenvalue weighted by Crippen LogP contribution is -2.13. The van der Waals surface area contributed by atoms with E-state index < -0.39 is 12.3 Å². The van der Waals surface area contributed by atoms with Gasteiger partial charge < -0.3 is 18.9 Å². The minimum Gasteiger partial charge on any atom is -0.434 e. The Bertz CT molecular complexity index is 753. The van der Waals surface area contributed by atoms with Crippen LogP contribution in [0.25, 0.3) is 10.8 Å². The van der Waals surface area contributed by atoms with Crippen LogP contribution in [0.1, 0.15) is 32.3 Å². The third kappa shape index (κ3) is 4.86. The Labute approximate surface area is 146 Å². The lowest BCUT2D eigenvalue weighted by atomic mass is 10.0. The molecule has 0 N–H and O–H groups in total. The summed E-state index contributed by atoms with van der Waals surface area (Å²) >= 11 is 0. The van der Waals surface area contributed by atoms with Crippen molar-refractivity contribution in [1.29, 1.82) is 0 Å². The van der Waals surface area contributed by atoms with E-state index in [9.17, 15) is 9.59 Å². The molecule has 0 heterocycles. The molecule has 0 aliphatic heterocycles. The van der Waals surface area contributed by atoms with Crippen LogP contribution in [-0.2, 0) is 9.47 Å². The quantitative estimate of drug-likeness (QED) is 0.541. The summed E-state index contributed by atoms with van der Waals surface area (Å²) in [6, 6.07) is 8.82. The van der Waals surface area contributed by atoms with Crippen LogP contribution < -0.4 is 9.47 Å². The number of carbonyl (C=O) groups excluding carboxylic acids is 2. The molecule has 0 atom stereocenters. The first-order chi connectivity index (χ1) is 12.1. The molecule has 0 bridgehead atoms. The summed E-state index contributed by atoms with van der Waals surface area (Å²) in [5.41, 5.74) is 0.644. The van der Waals surface area contributed by atoms with E-state index in [0.717, 1.165) is 0 Å². The zero-order chi connectivity index (χ0) is 18.2. The monoisotopic (exact) mass is 346 g/mol. The maximum atomic E-state index is 11.8. The van der Waals surface area contributed by atoms with E-state index in [0.29, 0.717) is 53.9 Å². The van der Waals surface area contributed by atoms with Crippen LogP contribution in [0.15, 0.2) is 30.3 Å². The molecule has 2 rings (SSSR count). The molecule has 0 fully saturated rings. The number of hydrogen-bond donors (Lipinski definition) is 0. The zero-order valence-electron chi connectivity index (χ0n) is 14.7. The van der Waals surface area contributed by atoms with Crippen LogP contribution in [0.3, 0.4) is 0 Å². The largest absolute Gasteiger partial charge is 0.513 e. The van der Waals surface area contributed by atoms with Gasteiger partial charge in [-0.3, -0.25) is 0 Å². The van der Waals surface area contributed by atoms with Gasteiger partial charge in [-0.2, -0.15) is 0 Å². The molecule has 6 nitrogen and oxygen atoms in total. The molecule has 0 unspecified atom stereocenters. The third-order valence-electron chi connectivity index (χ3n) is 3.37. The van der Waals surface area contributed by atoms with Crippen molar-refractivity contribution in [3.05, 3.63) is 35.9 Å². The Hall–Kier alpha value is -2.76. The predicted octanol–water partition coefficient (Wildman–Crippen LogP) is 5.00. The number of benzene rings is 2. The van der Waals surface area contributed by atoms with E-state index in [-0.39, 0.29) is 0 Å². The van der Waals surface area contributed by atoms with Crippen molar-refractivity contribution >= 4 is 23.1 Å². The standard InChI is InChI=1S/C19H22O6/c1-4-10-22-18(20)24-16-12-13(3)17(25-19(21)23-11-5-2)15-9-7-6-8-14(15)16/h6-9,12H,4-5,10-11H2,1-3H3. The molecule has 6 heteroatoms. The van der Waals surface area contributed by atoms with Gasteiger partial charge in [-0.15, -0.1) is 0 Å². The minimum atomic E-state index is -0.762. The SMILES string of the molecule is CCCOC(=O)Oc1cc(C)c(OC(=O)OCCC)c2ccccc12. The summed E-state index contributed by atoms with van der Waals surface area (Å²) < 4.78 is 20.6. The van der Waals surface area contributed by atoms with Gasteiger partial charge in [0.15, 0.2) is 0 Å². The molecular weight excluding hydrogens is 324 g/mol. The molecule has 0 saturated carbocycles. The molecule has 0 spiro atoms. The molecule has 0 saturated heterocycles. The molecule has 0 radical (unpaired) electrons.